The predicted molar refractivity (Wildman–Crippen MR) is 245 cm³/mol. The summed E-state index contributed by atoms with van der Waals surface area (Å²) in [6.07, 6.45) is 0. The Morgan fingerprint density at radius 1 is 0.276 bits per heavy atom. The number of benzene rings is 10. The van der Waals surface area contributed by atoms with Crippen molar-refractivity contribution in [1.29, 1.82) is 0 Å². The summed E-state index contributed by atoms with van der Waals surface area (Å²) in [6, 6.07) is 80.6. The van der Waals surface area contributed by atoms with Gasteiger partial charge < -0.3 is 9.32 Å². The summed E-state index contributed by atoms with van der Waals surface area (Å²) in [5, 5.41) is 8.66. The number of rotatable bonds is 7. The normalized spacial score (nSPS) is 11.4. The highest BCUT2D eigenvalue weighted by molar-refractivity contribution is 6.13. The second kappa shape index (κ2) is 14.1. The standard InChI is InChI=1S/C56H37NO/c1-4-17-49-40(11-1)14-10-21-50(49)41-25-23-38(24-26-41)39-27-31-46(32-28-39)57(48-16-9-15-44(35-48)56-37-45-13-3-8-22-55(45)58-56)47-33-29-42(30-34-47)54-36-43-12-2-5-18-51(43)52-19-6-7-20-53(52)54/h1-37H. The number of hydrogen-bond acceptors (Lipinski definition) is 2. The van der Waals surface area contributed by atoms with Crippen LogP contribution in [0, 0.1) is 0 Å². The molecule has 0 aliphatic carbocycles. The molecule has 1 aromatic heterocycles. The van der Waals surface area contributed by atoms with E-state index < -0.39 is 0 Å². The van der Waals surface area contributed by atoms with Gasteiger partial charge in [0.05, 0.1) is 0 Å². The Kier molecular flexibility index (Phi) is 8.19. The quantitative estimate of drug-likeness (QED) is 0.151. The maximum Gasteiger partial charge on any atom is 0.135 e. The molecular formula is C56H37NO. The lowest BCUT2D eigenvalue weighted by Crippen LogP contribution is -2.10. The van der Waals surface area contributed by atoms with Gasteiger partial charge in [-0.1, -0.05) is 170 Å². The van der Waals surface area contributed by atoms with Crippen LogP contribution in [0.3, 0.4) is 0 Å². The fourth-order valence-electron chi connectivity index (χ4n) is 8.58. The molecule has 0 saturated heterocycles. The van der Waals surface area contributed by atoms with Crippen molar-refractivity contribution < 1.29 is 4.42 Å². The molecule has 0 aliphatic heterocycles. The third kappa shape index (κ3) is 6.00. The van der Waals surface area contributed by atoms with Crippen LogP contribution in [0.4, 0.5) is 17.1 Å². The largest absolute Gasteiger partial charge is 0.456 e. The van der Waals surface area contributed by atoms with Crippen molar-refractivity contribution in [2.24, 2.45) is 0 Å². The Morgan fingerprint density at radius 3 is 1.55 bits per heavy atom. The van der Waals surface area contributed by atoms with Crippen LogP contribution < -0.4 is 4.90 Å². The van der Waals surface area contributed by atoms with Crippen molar-refractivity contribution >= 4 is 60.3 Å². The van der Waals surface area contributed by atoms with E-state index in [0.29, 0.717) is 0 Å². The third-order valence-corrected chi connectivity index (χ3v) is 11.5. The maximum absolute atomic E-state index is 6.33. The van der Waals surface area contributed by atoms with E-state index in [2.05, 4.69) is 211 Å². The number of anilines is 3. The predicted octanol–water partition coefficient (Wildman–Crippen LogP) is 16.0. The summed E-state index contributed by atoms with van der Waals surface area (Å²) >= 11 is 0. The summed E-state index contributed by atoms with van der Waals surface area (Å²) in [7, 11) is 0. The van der Waals surface area contributed by atoms with Gasteiger partial charge in [-0.15, -0.1) is 0 Å². The fourth-order valence-corrected chi connectivity index (χ4v) is 8.58. The van der Waals surface area contributed by atoms with Crippen molar-refractivity contribution in [2.75, 3.05) is 4.90 Å². The van der Waals surface area contributed by atoms with Gasteiger partial charge in [0.1, 0.15) is 11.3 Å². The zero-order valence-corrected chi connectivity index (χ0v) is 31.7. The van der Waals surface area contributed by atoms with E-state index in [-0.39, 0.29) is 0 Å². The van der Waals surface area contributed by atoms with Gasteiger partial charge in [0.15, 0.2) is 0 Å². The summed E-state index contributed by atoms with van der Waals surface area (Å²) < 4.78 is 6.33. The molecule has 0 spiro atoms. The molecule has 58 heavy (non-hydrogen) atoms. The molecule has 0 aliphatic rings. The highest BCUT2D eigenvalue weighted by atomic mass is 16.3. The fraction of sp³-hybridized carbons (Fsp3) is 0. The second-order valence-corrected chi connectivity index (χ2v) is 14.9. The Labute approximate surface area is 337 Å². The smallest absolute Gasteiger partial charge is 0.135 e. The average Bonchev–Trinajstić information content (AvgIpc) is 3.74. The molecule has 2 heteroatoms. The zero-order valence-electron chi connectivity index (χ0n) is 31.7. The first-order valence-electron chi connectivity index (χ1n) is 19.8. The molecule has 0 saturated carbocycles. The van der Waals surface area contributed by atoms with E-state index in [1.165, 1.54) is 65.7 Å². The van der Waals surface area contributed by atoms with Crippen LogP contribution in [-0.2, 0) is 0 Å². The number of furan rings is 1. The monoisotopic (exact) mass is 739 g/mol. The third-order valence-electron chi connectivity index (χ3n) is 11.5. The van der Waals surface area contributed by atoms with E-state index in [0.717, 1.165) is 39.4 Å². The first-order chi connectivity index (χ1) is 28.7. The lowest BCUT2D eigenvalue weighted by atomic mass is 9.93. The van der Waals surface area contributed by atoms with E-state index in [1.807, 2.05) is 18.2 Å². The van der Waals surface area contributed by atoms with Gasteiger partial charge in [-0.2, -0.15) is 0 Å². The average molecular weight is 740 g/mol. The lowest BCUT2D eigenvalue weighted by molar-refractivity contribution is 0.631. The molecule has 2 nitrogen and oxygen atoms in total. The Bertz CT molecular complexity index is 3230. The zero-order chi connectivity index (χ0) is 38.4. The summed E-state index contributed by atoms with van der Waals surface area (Å²) in [4.78, 5) is 2.34. The van der Waals surface area contributed by atoms with Gasteiger partial charge in [-0.05, 0) is 120 Å². The SMILES string of the molecule is c1cc(-c2cc3ccccc3o2)cc(N(c2ccc(-c3ccc(-c4cccc5ccccc45)cc3)cc2)c2ccc(-c3cc4ccccc4c4ccccc34)cc2)c1. The van der Waals surface area contributed by atoms with E-state index >= 15 is 0 Å². The number of nitrogens with zero attached hydrogens (tertiary/aromatic N) is 1. The van der Waals surface area contributed by atoms with Crippen LogP contribution in [0.25, 0.3) is 88.0 Å². The van der Waals surface area contributed by atoms with Crippen LogP contribution in [0.1, 0.15) is 0 Å². The number of hydrogen-bond donors (Lipinski definition) is 0. The molecule has 11 rings (SSSR count). The summed E-state index contributed by atoms with van der Waals surface area (Å²) in [5.41, 5.74) is 12.3. The number of para-hydroxylation sites is 1. The van der Waals surface area contributed by atoms with Crippen molar-refractivity contribution in [3.63, 3.8) is 0 Å². The Balaban J connectivity index is 0.977. The minimum absolute atomic E-state index is 0.851. The molecule has 0 bridgehead atoms. The van der Waals surface area contributed by atoms with E-state index in [9.17, 15) is 0 Å². The van der Waals surface area contributed by atoms with E-state index in [4.69, 9.17) is 4.42 Å². The second-order valence-electron chi connectivity index (χ2n) is 14.9. The van der Waals surface area contributed by atoms with Crippen LogP contribution in [0.15, 0.2) is 229 Å². The molecule has 0 amide bonds. The molecule has 0 N–H and O–H groups in total. The molecule has 0 atom stereocenters. The van der Waals surface area contributed by atoms with Gasteiger partial charge in [0.25, 0.3) is 0 Å². The van der Waals surface area contributed by atoms with Gasteiger partial charge >= 0.3 is 0 Å². The molecule has 272 valence electrons. The van der Waals surface area contributed by atoms with Crippen molar-refractivity contribution in [3.8, 4) is 44.7 Å². The Hall–Kier alpha value is -7.68. The molecule has 11 aromatic rings. The first kappa shape index (κ1) is 33.6. The van der Waals surface area contributed by atoms with Gasteiger partial charge in [0.2, 0.25) is 0 Å². The van der Waals surface area contributed by atoms with Gasteiger partial charge in [-0.3, -0.25) is 0 Å². The minimum Gasteiger partial charge on any atom is -0.456 e. The highest BCUT2D eigenvalue weighted by Crippen LogP contribution is 2.41. The summed E-state index contributed by atoms with van der Waals surface area (Å²) in [5.74, 6) is 0.851. The molecular weight excluding hydrogens is 703 g/mol. The molecule has 0 fully saturated rings. The molecule has 0 unspecified atom stereocenters. The van der Waals surface area contributed by atoms with Crippen molar-refractivity contribution in [3.05, 3.63) is 224 Å². The first-order valence-corrected chi connectivity index (χ1v) is 19.8. The highest BCUT2D eigenvalue weighted by Gasteiger charge is 2.17. The Morgan fingerprint density at radius 2 is 0.810 bits per heavy atom. The molecule has 0 radical (unpaired) electrons. The van der Waals surface area contributed by atoms with Crippen LogP contribution >= 0.6 is 0 Å². The van der Waals surface area contributed by atoms with Crippen molar-refractivity contribution in [1.82, 2.24) is 0 Å². The molecule has 1 heterocycles. The topological polar surface area (TPSA) is 16.4 Å². The number of fused-ring (bicyclic) bond motifs is 5. The van der Waals surface area contributed by atoms with E-state index in [1.54, 1.807) is 0 Å². The van der Waals surface area contributed by atoms with Crippen molar-refractivity contribution in [2.45, 2.75) is 0 Å². The minimum atomic E-state index is 0.851. The lowest BCUT2D eigenvalue weighted by Gasteiger charge is -2.26. The van der Waals surface area contributed by atoms with Gasteiger partial charge in [-0.25, -0.2) is 0 Å². The van der Waals surface area contributed by atoms with Crippen LogP contribution in [-0.4, -0.2) is 0 Å². The van der Waals surface area contributed by atoms with Crippen LogP contribution in [0.2, 0.25) is 0 Å². The summed E-state index contributed by atoms with van der Waals surface area (Å²) in [6.45, 7) is 0. The van der Waals surface area contributed by atoms with Gasteiger partial charge in [0, 0.05) is 28.0 Å². The maximum atomic E-state index is 6.33. The molecule has 10 aromatic carbocycles. The van der Waals surface area contributed by atoms with Crippen LogP contribution in [0.5, 0.6) is 0 Å².